The van der Waals surface area contributed by atoms with E-state index < -0.39 is 11.8 Å². The van der Waals surface area contributed by atoms with Crippen molar-refractivity contribution in [1.82, 2.24) is 5.32 Å². The number of methoxy groups -OCH3 is 2. The van der Waals surface area contributed by atoms with Crippen LogP contribution in [0.15, 0.2) is 0 Å². The van der Waals surface area contributed by atoms with Gasteiger partial charge in [-0.3, -0.25) is 9.59 Å². The molecular formula is C8H14ClNO4. The average Bonchev–Trinajstić information content (AvgIpc) is 2.63. The van der Waals surface area contributed by atoms with Crippen LogP contribution < -0.4 is 5.32 Å². The van der Waals surface area contributed by atoms with Gasteiger partial charge in [0.1, 0.15) is 0 Å². The molecule has 1 fully saturated rings. The Balaban J connectivity index is 0.00000169. The monoisotopic (exact) mass is 223 g/mol. The van der Waals surface area contributed by atoms with Gasteiger partial charge in [0.2, 0.25) is 0 Å². The molecule has 0 spiro atoms. The fourth-order valence-electron chi connectivity index (χ4n) is 1.48. The van der Waals surface area contributed by atoms with Gasteiger partial charge in [-0.1, -0.05) is 0 Å². The molecule has 14 heavy (non-hydrogen) atoms. The maximum atomic E-state index is 11.2. The highest BCUT2D eigenvalue weighted by Gasteiger charge is 2.39. The molecule has 1 rings (SSSR count). The number of halogens is 1. The summed E-state index contributed by atoms with van der Waals surface area (Å²) in [7, 11) is 2.63. The average molecular weight is 224 g/mol. The summed E-state index contributed by atoms with van der Waals surface area (Å²) in [5, 5.41) is 2.95. The number of esters is 2. The van der Waals surface area contributed by atoms with Crippen molar-refractivity contribution in [3.63, 3.8) is 0 Å². The van der Waals surface area contributed by atoms with Crippen molar-refractivity contribution in [3.8, 4) is 0 Å². The molecule has 0 aromatic rings. The lowest BCUT2D eigenvalue weighted by molar-refractivity contribution is -0.155. The summed E-state index contributed by atoms with van der Waals surface area (Å²) in [6, 6.07) is 0. The van der Waals surface area contributed by atoms with Crippen LogP contribution in [0, 0.1) is 11.8 Å². The first-order chi connectivity index (χ1) is 6.20. The summed E-state index contributed by atoms with van der Waals surface area (Å²) in [6.07, 6.45) is 0. The van der Waals surface area contributed by atoms with Crippen molar-refractivity contribution < 1.29 is 19.1 Å². The predicted molar refractivity (Wildman–Crippen MR) is 51.1 cm³/mol. The van der Waals surface area contributed by atoms with Crippen LogP contribution in [-0.4, -0.2) is 39.2 Å². The van der Waals surface area contributed by atoms with Crippen LogP contribution in [0.2, 0.25) is 0 Å². The van der Waals surface area contributed by atoms with Gasteiger partial charge in [0.05, 0.1) is 26.1 Å². The number of carbonyl (C=O) groups excluding carboxylic acids is 2. The Morgan fingerprint density at radius 2 is 1.43 bits per heavy atom. The topological polar surface area (TPSA) is 64.6 Å². The van der Waals surface area contributed by atoms with Crippen LogP contribution in [-0.2, 0) is 19.1 Å². The van der Waals surface area contributed by atoms with E-state index in [1.165, 1.54) is 14.2 Å². The van der Waals surface area contributed by atoms with Crippen LogP contribution in [0.3, 0.4) is 0 Å². The van der Waals surface area contributed by atoms with Gasteiger partial charge in [0.25, 0.3) is 0 Å². The molecule has 6 heteroatoms. The smallest absolute Gasteiger partial charge is 0.310 e. The van der Waals surface area contributed by atoms with Crippen molar-refractivity contribution in [2.24, 2.45) is 11.8 Å². The van der Waals surface area contributed by atoms with Crippen molar-refractivity contribution >= 4 is 24.3 Å². The number of carbonyl (C=O) groups is 2. The Kier molecular flexibility index (Phi) is 5.49. The molecule has 1 saturated heterocycles. The minimum absolute atomic E-state index is 0. The van der Waals surface area contributed by atoms with E-state index in [4.69, 9.17) is 0 Å². The van der Waals surface area contributed by atoms with Crippen LogP contribution in [0.5, 0.6) is 0 Å². The molecule has 1 aliphatic rings. The van der Waals surface area contributed by atoms with Crippen molar-refractivity contribution in [2.45, 2.75) is 0 Å². The van der Waals surface area contributed by atoms with Crippen molar-refractivity contribution in [1.29, 1.82) is 0 Å². The molecule has 0 aliphatic carbocycles. The summed E-state index contributed by atoms with van der Waals surface area (Å²) in [4.78, 5) is 22.3. The van der Waals surface area contributed by atoms with Crippen LogP contribution in [0.4, 0.5) is 0 Å². The Morgan fingerprint density at radius 3 is 1.71 bits per heavy atom. The van der Waals surface area contributed by atoms with Gasteiger partial charge in [-0.05, 0) is 0 Å². The maximum absolute atomic E-state index is 11.2. The van der Waals surface area contributed by atoms with E-state index in [0.717, 1.165) is 0 Å². The zero-order valence-corrected chi connectivity index (χ0v) is 8.93. The minimum atomic E-state index is -0.405. The fraction of sp³-hybridized carbons (Fsp3) is 0.750. The van der Waals surface area contributed by atoms with Crippen LogP contribution in [0.1, 0.15) is 0 Å². The zero-order chi connectivity index (χ0) is 9.84. The Labute approximate surface area is 88.5 Å². The summed E-state index contributed by atoms with van der Waals surface area (Å²) in [5.74, 6) is -1.53. The summed E-state index contributed by atoms with van der Waals surface area (Å²) >= 11 is 0. The van der Waals surface area contributed by atoms with E-state index >= 15 is 0 Å². The molecule has 0 aromatic carbocycles. The summed E-state index contributed by atoms with van der Waals surface area (Å²) in [5.41, 5.74) is 0. The molecule has 1 aliphatic heterocycles. The third kappa shape index (κ3) is 2.59. The lowest BCUT2D eigenvalue weighted by Gasteiger charge is -2.13. The molecule has 0 aromatic heterocycles. The normalized spacial score (nSPS) is 25.0. The second-order valence-electron chi connectivity index (χ2n) is 2.92. The van der Waals surface area contributed by atoms with Crippen LogP contribution >= 0.6 is 12.4 Å². The van der Waals surface area contributed by atoms with Gasteiger partial charge in [0.15, 0.2) is 0 Å². The van der Waals surface area contributed by atoms with Gasteiger partial charge >= 0.3 is 11.9 Å². The predicted octanol–water partition coefficient (Wildman–Crippen LogP) is -0.410. The third-order valence-electron chi connectivity index (χ3n) is 2.22. The number of ether oxygens (including phenoxy) is 2. The summed E-state index contributed by atoms with van der Waals surface area (Å²) in [6.45, 7) is 0.957. The van der Waals surface area contributed by atoms with Gasteiger partial charge in [0, 0.05) is 13.1 Å². The van der Waals surface area contributed by atoms with Crippen LogP contribution in [0.25, 0.3) is 0 Å². The molecule has 0 unspecified atom stereocenters. The second-order valence-corrected chi connectivity index (χ2v) is 2.92. The Hall–Kier alpha value is -0.810. The van der Waals surface area contributed by atoms with Gasteiger partial charge in [-0.25, -0.2) is 0 Å². The van der Waals surface area contributed by atoms with Gasteiger partial charge in [-0.15, -0.1) is 12.4 Å². The Morgan fingerprint density at radius 1 is 1.07 bits per heavy atom. The molecule has 5 nitrogen and oxygen atoms in total. The van der Waals surface area contributed by atoms with E-state index in [-0.39, 0.29) is 24.3 Å². The molecule has 1 heterocycles. The molecule has 2 atom stereocenters. The fourth-order valence-corrected chi connectivity index (χ4v) is 1.48. The molecule has 0 amide bonds. The first-order valence-electron chi connectivity index (χ1n) is 4.07. The molecular weight excluding hydrogens is 210 g/mol. The molecule has 82 valence electrons. The molecule has 0 saturated carbocycles. The maximum Gasteiger partial charge on any atom is 0.310 e. The quantitative estimate of drug-likeness (QED) is 0.645. The zero-order valence-electron chi connectivity index (χ0n) is 8.11. The highest BCUT2D eigenvalue weighted by molar-refractivity contribution is 5.85. The second kappa shape index (κ2) is 5.82. The largest absolute Gasteiger partial charge is 0.469 e. The first kappa shape index (κ1) is 13.2. The third-order valence-corrected chi connectivity index (χ3v) is 2.22. The summed E-state index contributed by atoms with van der Waals surface area (Å²) < 4.78 is 9.14. The van der Waals surface area contributed by atoms with Crippen molar-refractivity contribution in [2.75, 3.05) is 27.3 Å². The molecule has 0 bridgehead atoms. The van der Waals surface area contributed by atoms with Crippen molar-refractivity contribution in [3.05, 3.63) is 0 Å². The van der Waals surface area contributed by atoms with E-state index in [1.54, 1.807) is 0 Å². The van der Waals surface area contributed by atoms with E-state index in [0.29, 0.717) is 13.1 Å². The number of nitrogens with one attached hydrogen (secondary N) is 1. The minimum Gasteiger partial charge on any atom is -0.469 e. The Bertz CT molecular complexity index is 199. The lowest BCUT2D eigenvalue weighted by Crippen LogP contribution is -2.30. The number of hydrogen-bond acceptors (Lipinski definition) is 5. The number of rotatable bonds is 2. The highest BCUT2D eigenvalue weighted by Crippen LogP contribution is 2.19. The van der Waals surface area contributed by atoms with Gasteiger partial charge < -0.3 is 14.8 Å². The van der Waals surface area contributed by atoms with E-state index in [2.05, 4.69) is 14.8 Å². The van der Waals surface area contributed by atoms with E-state index in [9.17, 15) is 9.59 Å². The SMILES string of the molecule is COC(=O)[C@H]1CNC[C@@H]1C(=O)OC.Cl. The highest BCUT2D eigenvalue weighted by atomic mass is 35.5. The van der Waals surface area contributed by atoms with Gasteiger partial charge in [-0.2, -0.15) is 0 Å². The lowest BCUT2D eigenvalue weighted by atomic mass is 9.96. The van der Waals surface area contributed by atoms with E-state index in [1.807, 2.05) is 0 Å². The standard InChI is InChI=1S/C8H13NO4.ClH/c1-12-7(10)5-3-9-4-6(5)8(11)13-2;/h5-6,9H,3-4H2,1-2H3;1H/t5-,6-;/m0./s1. The first-order valence-corrected chi connectivity index (χ1v) is 4.07. The molecule has 0 radical (unpaired) electrons. The molecule has 1 N–H and O–H groups in total. The number of hydrogen-bond donors (Lipinski definition) is 1.